The number of hydrogen-bond acceptors (Lipinski definition) is 4. The van der Waals surface area contributed by atoms with E-state index in [0.29, 0.717) is 16.4 Å². The second-order valence-corrected chi connectivity index (χ2v) is 3.91. The highest BCUT2D eigenvalue weighted by Crippen LogP contribution is 2.16. The number of pyridine rings is 1. The van der Waals surface area contributed by atoms with Gasteiger partial charge in [-0.3, -0.25) is 20.2 Å². The predicted octanol–water partition coefficient (Wildman–Crippen LogP) is 1.72. The second kappa shape index (κ2) is 4.50. The molecule has 0 aliphatic heterocycles. The molecule has 0 radical (unpaired) electrons. The van der Waals surface area contributed by atoms with Crippen LogP contribution in [0.2, 0.25) is 5.02 Å². The van der Waals surface area contributed by atoms with Gasteiger partial charge in [-0.25, -0.2) is 0 Å². The van der Waals surface area contributed by atoms with Gasteiger partial charge in [0.2, 0.25) is 5.95 Å². The first-order valence-electron chi connectivity index (χ1n) is 4.89. The van der Waals surface area contributed by atoms with Gasteiger partial charge in [0.05, 0.1) is 10.6 Å². The Morgan fingerprint density at radius 1 is 1.47 bits per heavy atom. The average molecular weight is 252 g/mol. The Kier molecular flexibility index (Phi) is 3.06. The third kappa shape index (κ3) is 2.59. The summed E-state index contributed by atoms with van der Waals surface area (Å²) in [5.41, 5.74) is 1.04. The lowest BCUT2D eigenvalue weighted by Gasteiger charge is -2.03. The summed E-state index contributed by atoms with van der Waals surface area (Å²) in [5.74, 6) is 0.444. The molecule has 17 heavy (non-hydrogen) atoms. The average Bonchev–Trinajstić information content (AvgIpc) is 2.63. The molecule has 88 valence electrons. The molecule has 2 N–H and O–H groups in total. The lowest BCUT2D eigenvalue weighted by atomic mass is 10.2. The van der Waals surface area contributed by atoms with E-state index in [2.05, 4.69) is 25.5 Å². The predicted molar refractivity (Wildman–Crippen MR) is 63.1 cm³/mol. The topological polar surface area (TPSA) is 83.6 Å². The van der Waals surface area contributed by atoms with Gasteiger partial charge in [-0.05, 0) is 19.9 Å². The van der Waals surface area contributed by atoms with Crippen LogP contribution in [0.4, 0.5) is 5.95 Å². The van der Waals surface area contributed by atoms with Crippen LogP contribution in [-0.4, -0.2) is 26.1 Å². The Labute approximate surface area is 102 Å². The Balaban J connectivity index is 2.20. The number of halogens is 1. The Bertz CT molecular complexity index is 566. The standard InChI is InChI=1S/C10H10ClN5O/c1-5-3-8(11)7(4-12-5)9(17)14-10-13-6(2)15-16-10/h3-4H,1-2H3,(H2,13,14,15,16,17). The number of amides is 1. The van der Waals surface area contributed by atoms with Crippen molar-refractivity contribution in [3.63, 3.8) is 0 Å². The van der Waals surface area contributed by atoms with Crippen LogP contribution in [0, 0.1) is 13.8 Å². The zero-order chi connectivity index (χ0) is 12.4. The number of nitrogens with one attached hydrogen (secondary N) is 2. The monoisotopic (exact) mass is 251 g/mol. The summed E-state index contributed by atoms with van der Waals surface area (Å²) in [6, 6.07) is 1.62. The van der Waals surface area contributed by atoms with Crippen molar-refractivity contribution in [2.45, 2.75) is 13.8 Å². The van der Waals surface area contributed by atoms with Crippen LogP contribution in [0.25, 0.3) is 0 Å². The molecule has 0 atom stereocenters. The van der Waals surface area contributed by atoms with Gasteiger partial charge < -0.3 is 0 Å². The summed E-state index contributed by atoms with van der Waals surface area (Å²) < 4.78 is 0. The summed E-state index contributed by atoms with van der Waals surface area (Å²) >= 11 is 5.95. The number of H-pyrrole nitrogens is 1. The molecule has 0 aliphatic carbocycles. The van der Waals surface area contributed by atoms with E-state index in [0.717, 1.165) is 5.69 Å². The third-order valence-electron chi connectivity index (χ3n) is 2.06. The van der Waals surface area contributed by atoms with Crippen molar-refractivity contribution >= 4 is 23.5 Å². The molecule has 0 aliphatic rings. The van der Waals surface area contributed by atoms with Gasteiger partial charge >= 0.3 is 0 Å². The molecule has 6 nitrogen and oxygen atoms in total. The number of anilines is 1. The fraction of sp³-hybridized carbons (Fsp3) is 0.200. The van der Waals surface area contributed by atoms with Crippen molar-refractivity contribution in [3.8, 4) is 0 Å². The normalized spacial score (nSPS) is 10.3. The van der Waals surface area contributed by atoms with Crippen molar-refractivity contribution in [1.82, 2.24) is 20.2 Å². The molecule has 0 aromatic carbocycles. The van der Waals surface area contributed by atoms with Crippen LogP contribution < -0.4 is 5.32 Å². The third-order valence-corrected chi connectivity index (χ3v) is 2.37. The zero-order valence-electron chi connectivity index (χ0n) is 9.28. The maximum Gasteiger partial charge on any atom is 0.261 e. The van der Waals surface area contributed by atoms with Crippen molar-refractivity contribution in [2.75, 3.05) is 5.32 Å². The maximum atomic E-state index is 11.8. The second-order valence-electron chi connectivity index (χ2n) is 3.50. The minimum absolute atomic E-state index is 0.212. The van der Waals surface area contributed by atoms with Gasteiger partial charge in [0.25, 0.3) is 5.91 Å². The smallest absolute Gasteiger partial charge is 0.261 e. The number of carbonyl (C=O) groups is 1. The van der Waals surface area contributed by atoms with E-state index in [4.69, 9.17) is 11.6 Å². The number of rotatable bonds is 2. The fourth-order valence-corrected chi connectivity index (χ4v) is 1.55. The van der Waals surface area contributed by atoms with E-state index < -0.39 is 0 Å². The largest absolute Gasteiger partial charge is 0.289 e. The van der Waals surface area contributed by atoms with E-state index in [1.165, 1.54) is 6.20 Å². The number of aryl methyl sites for hydroxylation is 2. The number of nitrogens with zero attached hydrogens (tertiary/aromatic N) is 3. The summed E-state index contributed by atoms with van der Waals surface area (Å²) in [7, 11) is 0. The zero-order valence-corrected chi connectivity index (χ0v) is 10.0. The highest BCUT2D eigenvalue weighted by molar-refractivity contribution is 6.34. The molecule has 0 spiro atoms. The van der Waals surface area contributed by atoms with Gasteiger partial charge in [-0.2, -0.15) is 4.98 Å². The van der Waals surface area contributed by atoms with E-state index in [-0.39, 0.29) is 11.9 Å². The SMILES string of the molecule is Cc1cc(Cl)c(C(=O)Nc2n[nH]c(C)n2)cn1. The molecule has 7 heteroatoms. The molecular formula is C10H10ClN5O. The highest BCUT2D eigenvalue weighted by atomic mass is 35.5. The van der Waals surface area contributed by atoms with Crippen molar-refractivity contribution in [3.05, 3.63) is 34.4 Å². The molecule has 2 aromatic heterocycles. The molecule has 1 amide bonds. The molecule has 0 unspecified atom stereocenters. The van der Waals surface area contributed by atoms with E-state index in [9.17, 15) is 4.79 Å². The molecule has 2 heterocycles. The molecule has 0 saturated carbocycles. The molecule has 2 rings (SSSR count). The number of aromatic nitrogens is 4. The quantitative estimate of drug-likeness (QED) is 0.851. The first-order valence-corrected chi connectivity index (χ1v) is 5.26. The summed E-state index contributed by atoms with van der Waals surface area (Å²) in [4.78, 5) is 19.8. The summed E-state index contributed by atoms with van der Waals surface area (Å²) in [5, 5.41) is 9.29. The van der Waals surface area contributed by atoms with Gasteiger partial charge in [0.1, 0.15) is 5.82 Å². The van der Waals surface area contributed by atoms with Crippen molar-refractivity contribution < 1.29 is 4.79 Å². The number of aromatic amines is 1. The molecule has 0 bridgehead atoms. The summed E-state index contributed by atoms with van der Waals surface area (Å²) in [6.07, 6.45) is 1.42. The van der Waals surface area contributed by atoms with Crippen LogP contribution >= 0.6 is 11.6 Å². The van der Waals surface area contributed by atoms with E-state index >= 15 is 0 Å². The van der Waals surface area contributed by atoms with Gasteiger partial charge in [-0.15, -0.1) is 5.10 Å². The molecule has 0 saturated heterocycles. The minimum atomic E-state index is -0.387. The van der Waals surface area contributed by atoms with Crippen LogP contribution in [-0.2, 0) is 0 Å². The maximum absolute atomic E-state index is 11.8. The van der Waals surface area contributed by atoms with Gasteiger partial charge in [0.15, 0.2) is 0 Å². The summed E-state index contributed by atoms with van der Waals surface area (Å²) in [6.45, 7) is 3.54. The lowest BCUT2D eigenvalue weighted by Crippen LogP contribution is -2.14. The van der Waals surface area contributed by atoms with Gasteiger partial charge in [-0.1, -0.05) is 11.6 Å². The van der Waals surface area contributed by atoms with Crippen LogP contribution in [0.3, 0.4) is 0 Å². The van der Waals surface area contributed by atoms with Gasteiger partial charge in [0, 0.05) is 11.9 Å². The molecule has 0 fully saturated rings. The number of carbonyl (C=O) groups excluding carboxylic acids is 1. The van der Waals surface area contributed by atoms with Crippen molar-refractivity contribution in [2.24, 2.45) is 0 Å². The first kappa shape index (κ1) is 11.5. The van der Waals surface area contributed by atoms with E-state index in [1.54, 1.807) is 19.9 Å². The minimum Gasteiger partial charge on any atom is -0.289 e. The first-order chi connectivity index (χ1) is 8.06. The van der Waals surface area contributed by atoms with Crippen LogP contribution in [0.1, 0.15) is 21.9 Å². The fourth-order valence-electron chi connectivity index (χ4n) is 1.26. The Morgan fingerprint density at radius 2 is 2.24 bits per heavy atom. The lowest BCUT2D eigenvalue weighted by molar-refractivity contribution is 0.102. The Morgan fingerprint density at radius 3 is 2.82 bits per heavy atom. The highest BCUT2D eigenvalue weighted by Gasteiger charge is 2.13. The van der Waals surface area contributed by atoms with Crippen LogP contribution in [0.15, 0.2) is 12.3 Å². The molecular weight excluding hydrogens is 242 g/mol. The Hall–Kier alpha value is -1.95. The molecule has 2 aromatic rings. The van der Waals surface area contributed by atoms with E-state index in [1.807, 2.05) is 0 Å². The van der Waals surface area contributed by atoms with Crippen molar-refractivity contribution in [1.29, 1.82) is 0 Å². The van der Waals surface area contributed by atoms with Crippen LogP contribution in [0.5, 0.6) is 0 Å². The number of hydrogen-bond donors (Lipinski definition) is 2.